The van der Waals surface area contributed by atoms with Crippen LogP contribution >= 0.6 is 23.5 Å². The molecule has 5 rings (SSSR count). The van der Waals surface area contributed by atoms with E-state index in [2.05, 4.69) is 58.3 Å². The summed E-state index contributed by atoms with van der Waals surface area (Å²) < 4.78 is 5.40. The summed E-state index contributed by atoms with van der Waals surface area (Å²) in [6.45, 7) is 2.09. The molecule has 7 heteroatoms. The molecular formula is C27H22N4OS2. The van der Waals surface area contributed by atoms with Crippen LogP contribution in [-0.2, 0) is 5.75 Å². The van der Waals surface area contributed by atoms with Crippen LogP contribution in [0, 0.1) is 6.92 Å². The predicted molar refractivity (Wildman–Crippen MR) is 138 cm³/mol. The van der Waals surface area contributed by atoms with Crippen LogP contribution in [0.2, 0.25) is 0 Å². The van der Waals surface area contributed by atoms with E-state index >= 15 is 0 Å². The minimum Gasteiger partial charge on any atom is -0.497 e. The average molecular weight is 483 g/mol. The van der Waals surface area contributed by atoms with Crippen LogP contribution in [0.5, 0.6) is 5.75 Å². The fourth-order valence-corrected chi connectivity index (χ4v) is 5.40. The highest BCUT2D eigenvalue weighted by atomic mass is 32.2. The van der Waals surface area contributed by atoms with Gasteiger partial charge < -0.3 is 4.74 Å². The van der Waals surface area contributed by atoms with Gasteiger partial charge in [-0.1, -0.05) is 72.1 Å². The van der Waals surface area contributed by atoms with Gasteiger partial charge in [0.25, 0.3) is 0 Å². The number of nitrogens with zero attached hydrogens (tertiary/aromatic N) is 4. The van der Waals surface area contributed by atoms with E-state index in [4.69, 9.17) is 9.72 Å². The molecule has 5 aromatic rings. The van der Waals surface area contributed by atoms with E-state index in [0.717, 1.165) is 37.9 Å². The van der Waals surface area contributed by atoms with E-state index in [0.29, 0.717) is 10.8 Å². The van der Waals surface area contributed by atoms with Crippen molar-refractivity contribution in [3.63, 3.8) is 0 Å². The van der Waals surface area contributed by atoms with Gasteiger partial charge in [0.05, 0.1) is 18.2 Å². The molecule has 0 aliphatic carbocycles. The van der Waals surface area contributed by atoms with Crippen LogP contribution in [0.15, 0.2) is 100 Å². The second kappa shape index (κ2) is 10.2. The summed E-state index contributed by atoms with van der Waals surface area (Å²) in [6, 6.07) is 24.8. The number of ether oxygens (including phenoxy) is 1. The maximum Gasteiger partial charge on any atom is 0.189 e. The van der Waals surface area contributed by atoms with Crippen molar-refractivity contribution in [1.29, 1.82) is 0 Å². The second-order valence-corrected chi connectivity index (χ2v) is 9.72. The number of aromatic nitrogens is 4. The van der Waals surface area contributed by atoms with Gasteiger partial charge in [-0.15, -0.1) is 0 Å². The largest absolute Gasteiger partial charge is 0.497 e. The Labute approximate surface area is 207 Å². The van der Waals surface area contributed by atoms with Gasteiger partial charge in [-0.05, 0) is 42.3 Å². The molecule has 0 atom stereocenters. The van der Waals surface area contributed by atoms with E-state index in [1.807, 2.05) is 42.6 Å². The quantitative estimate of drug-likeness (QED) is 0.186. The van der Waals surface area contributed by atoms with Crippen LogP contribution in [0.25, 0.3) is 22.3 Å². The van der Waals surface area contributed by atoms with Gasteiger partial charge in [-0.2, -0.15) is 0 Å². The van der Waals surface area contributed by atoms with E-state index in [1.165, 1.54) is 11.1 Å². The molecule has 0 saturated carbocycles. The topological polar surface area (TPSA) is 60.8 Å². The molecule has 3 aromatic carbocycles. The van der Waals surface area contributed by atoms with Crippen molar-refractivity contribution in [2.24, 2.45) is 0 Å². The third kappa shape index (κ3) is 5.05. The maximum absolute atomic E-state index is 5.40. The first-order valence-corrected chi connectivity index (χ1v) is 12.6. The Morgan fingerprint density at radius 1 is 0.882 bits per heavy atom. The Morgan fingerprint density at radius 3 is 2.62 bits per heavy atom. The van der Waals surface area contributed by atoms with E-state index in [-0.39, 0.29) is 0 Å². The Balaban J connectivity index is 1.49. The summed E-state index contributed by atoms with van der Waals surface area (Å²) in [6.07, 6.45) is 3.42. The molecule has 0 aliphatic rings. The SMILES string of the molecule is COc1cccc(Sc2cc(C)ccc2-c2ncnc3nc(SCc4ccccc4)ncc23)c1. The predicted octanol–water partition coefficient (Wildman–Crippen LogP) is 6.85. The molecule has 0 aliphatic heterocycles. The monoisotopic (exact) mass is 482 g/mol. The van der Waals surface area contributed by atoms with E-state index in [1.54, 1.807) is 37.0 Å². The van der Waals surface area contributed by atoms with Gasteiger partial charge in [0.15, 0.2) is 10.8 Å². The van der Waals surface area contributed by atoms with Gasteiger partial charge in [-0.3, -0.25) is 0 Å². The first kappa shape index (κ1) is 22.4. The molecule has 0 amide bonds. The first-order valence-electron chi connectivity index (χ1n) is 10.8. The molecule has 168 valence electrons. The van der Waals surface area contributed by atoms with Crippen LogP contribution in [-0.4, -0.2) is 27.0 Å². The van der Waals surface area contributed by atoms with E-state index in [9.17, 15) is 0 Å². The van der Waals surface area contributed by atoms with Crippen LogP contribution < -0.4 is 4.74 Å². The number of rotatable bonds is 7. The van der Waals surface area contributed by atoms with Crippen LogP contribution in [0.3, 0.4) is 0 Å². The zero-order valence-electron chi connectivity index (χ0n) is 18.8. The summed E-state index contributed by atoms with van der Waals surface area (Å²) in [4.78, 5) is 20.6. The highest BCUT2D eigenvalue weighted by Crippen LogP contribution is 2.38. The van der Waals surface area contributed by atoms with Crippen molar-refractivity contribution in [3.05, 3.63) is 96.4 Å². The maximum atomic E-state index is 5.40. The van der Waals surface area contributed by atoms with Gasteiger partial charge >= 0.3 is 0 Å². The molecule has 5 nitrogen and oxygen atoms in total. The number of benzene rings is 3. The summed E-state index contributed by atoms with van der Waals surface area (Å²) in [5.74, 6) is 1.64. The Hall–Kier alpha value is -3.42. The van der Waals surface area contributed by atoms with Crippen LogP contribution in [0.4, 0.5) is 0 Å². The molecule has 0 bridgehead atoms. The number of aryl methyl sites for hydroxylation is 1. The zero-order valence-corrected chi connectivity index (χ0v) is 20.4. The number of fused-ring (bicyclic) bond motifs is 1. The van der Waals surface area contributed by atoms with Crippen molar-refractivity contribution in [3.8, 4) is 17.0 Å². The van der Waals surface area contributed by atoms with Crippen molar-refractivity contribution < 1.29 is 4.74 Å². The Kier molecular flexibility index (Phi) is 6.74. The number of methoxy groups -OCH3 is 1. The highest BCUT2D eigenvalue weighted by molar-refractivity contribution is 7.99. The first-order chi connectivity index (χ1) is 16.7. The third-order valence-electron chi connectivity index (χ3n) is 5.24. The van der Waals surface area contributed by atoms with Crippen molar-refractivity contribution in [2.45, 2.75) is 27.6 Å². The standard InChI is InChI=1S/C27H22N4OS2/c1-18-11-12-22(24(13-18)34-21-10-6-9-20(14-21)32-2)25-23-15-28-27(31-26(23)30-17-29-25)33-16-19-7-4-3-5-8-19/h3-15,17H,16H2,1-2H3. The lowest BCUT2D eigenvalue weighted by molar-refractivity contribution is 0.413. The molecule has 0 saturated heterocycles. The molecule has 0 spiro atoms. The Bertz CT molecular complexity index is 1440. The zero-order chi connectivity index (χ0) is 23.3. The summed E-state index contributed by atoms with van der Waals surface area (Å²) in [7, 11) is 1.68. The lowest BCUT2D eigenvalue weighted by Gasteiger charge is -2.12. The van der Waals surface area contributed by atoms with Gasteiger partial charge in [0, 0.05) is 27.3 Å². The lowest BCUT2D eigenvalue weighted by atomic mass is 10.1. The molecule has 2 aromatic heterocycles. The number of hydrogen-bond donors (Lipinski definition) is 0. The molecular weight excluding hydrogens is 460 g/mol. The normalized spacial score (nSPS) is 11.0. The van der Waals surface area contributed by atoms with Gasteiger partial charge in [0.2, 0.25) is 0 Å². The molecule has 0 unspecified atom stereocenters. The minimum atomic E-state index is 0.647. The second-order valence-electron chi connectivity index (χ2n) is 7.67. The average Bonchev–Trinajstić information content (AvgIpc) is 2.88. The number of thioether (sulfide) groups is 1. The smallest absolute Gasteiger partial charge is 0.189 e. The molecule has 0 N–H and O–H groups in total. The highest BCUT2D eigenvalue weighted by Gasteiger charge is 2.14. The fraction of sp³-hybridized carbons (Fsp3) is 0.111. The fourth-order valence-electron chi connectivity index (χ4n) is 3.54. The molecule has 0 radical (unpaired) electrons. The summed E-state index contributed by atoms with van der Waals surface area (Å²) >= 11 is 3.29. The minimum absolute atomic E-state index is 0.647. The van der Waals surface area contributed by atoms with Gasteiger partial charge in [-0.25, -0.2) is 19.9 Å². The molecule has 0 fully saturated rings. The van der Waals surface area contributed by atoms with Gasteiger partial charge in [0.1, 0.15) is 12.1 Å². The Morgan fingerprint density at radius 2 is 1.76 bits per heavy atom. The van der Waals surface area contributed by atoms with Crippen molar-refractivity contribution in [2.75, 3.05) is 7.11 Å². The van der Waals surface area contributed by atoms with Crippen molar-refractivity contribution in [1.82, 2.24) is 19.9 Å². The third-order valence-corrected chi connectivity index (χ3v) is 7.22. The summed E-state index contributed by atoms with van der Waals surface area (Å²) in [5, 5.41) is 1.54. The number of hydrogen-bond acceptors (Lipinski definition) is 7. The lowest BCUT2D eigenvalue weighted by Crippen LogP contribution is -1.96. The van der Waals surface area contributed by atoms with E-state index < -0.39 is 0 Å². The summed E-state index contributed by atoms with van der Waals surface area (Å²) in [5.41, 5.74) is 4.92. The molecule has 2 heterocycles. The molecule has 34 heavy (non-hydrogen) atoms. The van der Waals surface area contributed by atoms with Crippen molar-refractivity contribution >= 4 is 34.6 Å². The van der Waals surface area contributed by atoms with Crippen LogP contribution in [0.1, 0.15) is 11.1 Å².